The smallest absolute Gasteiger partial charge is 0.0969 e. The summed E-state index contributed by atoms with van der Waals surface area (Å²) < 4.78 is 10.3. The first-order valence-corrected chi connectivity index (χ1v) is 6.52. The van der Waals surface area contributed by atoms with Crippen molar-refractivity contribution in [3.8, 4) is 5.69 Å². The number of ether oxygens (including phenoxy) is 2. The minimum absolute atomic E-state index is 0.0455. The van der Waals surface area contributed by atoms with E-state index in [0.29, 0.717) is 19.7 Å². The third-order valence-corrected chi connectivity index (χ3v) is 2.89. The third kappa shape index (κ3) is 4.12. The van der Waals surface area contributed by atoms with Gasteiger partial charge in [0.15, 0.2) is 0 Å². The molecule has 1 N–H and O–H groups in total. The molecular weight excluding hydrogens is 256 g/mol. The zero-order valence-electron chi connectivity index (χ0n) is 11.8. The van der Waals surface area contributed by atoms with Gasteiger partial charge in [-0.2, -0.15) is 15.0 Å². The Hall–Kier alpha value is -1.76. The monoisotopic (exact) mass is 276 g/mol. The van der Waals surface area contributed by atoms with E-state index >= 15 is 0 Å². The number of para-hydroxylation sites is 1. The largest absolute Gasteiger partial charge is 0.382 e. The molecule has 2 rings (SSSR count). The van der Waals surface area contributed by atoms with Crippen LogP contribution in [0.3, 0.4) is 0 Å². The molecule has 1 atom stereocenters. The Bertz CT molecular complexity index is 501. The summed E-state index contributed by atoms with van der Waals surface area (Å²) in [5.41, 5.74) is 1.84. The van der Waals surface area contributed by atoms with Crippen LogP contribution in [0.15, 0.2) is 36.5 Å². The van der Waals surface area contributed by atoms with Crippen molar-refractivity contribution in [1.82, 2.24) is 20.3 Å². The third-order valence-electron chi connectivity index (χ3n) is 2.89. The van der Waals surface area contributed by atoms with Crippen LogP contribution in [0, 0.1) is 0 Å². The molecule has 0 aliphatic rings. The maximum absolute atomic E-state index is 5.27. The number of hydrogen-bond donors (Lipinski definition) is 1. The predicted octanol–water partition coefficient (Wildman–Crippen LogP) is 1.02. The van der Waals surface area contributed by atoms with Gasteiger partial charge in [-0.25, -0.2) is 0 Å². The molecule has 6 heteroatoms. The molecule has 0 saturated heterocycles. The lowest BCUT2D eigenvalue weighted by Crippen LogP contribution is -2.31. The van der Waals surface area contributed by atoms with Crippen molar-refractivity contribution in [2.45, 2.75) is 12.6 Å². The Morgan fingerprint density at radius 3 is 2.75 bits per heavy atom. The SMILES string of the molecule is COCC(CNCc1cnn(-c2ccccc2)n1)OC. The molecular formula is C14H20N4O2. The molecule has 0 spiro atoms. The lowest BCUT2D eigenvalue weighted by Gasteiger charge is -2.14. The second-order valence-corrected chi connectivity index (χ2v) is 4.40. The van der Waals surface area contributed by atoms with Crippen molar-refractivity contribution >= 4 is 0 Å². The van der Waals surface area contributed by atoms with Gasteiger partial charge in [0.1, 0.15) is 0 Å². The molecule has 0 radical (unpaired) electrons. The maximum atomic E-state index is 5.27. The van der Waals surface area contributed by atoms with Crippen LogP contribution in [-0.2, 0) is 16.0 Å². The highest BCUT2D eigenvalue weighted by atomic mass is 16.5. The molecule has 1 heterocycles. The molecule has 0 fully saturated rings. The van der Waals surface area contributed by atoms with E-state index in [1.54, 1.807) is 25.2 Å². The van der Waals surface area contributed by atoms with E-state index in [-0.39, 0.29) is 6.10 Å². The molecule has 6 nitrogen and oxygen atoms in total. The average molecular weight is 276 g/mol. The van der Waals surface area contributed by atoms with Crippen molar-refractivity contribution < 1.29 is 9.47 Å². The van der Waals surface area contributed by atoms with Crippen LogP contribution in [-0.4, -0.2) is 48.5 Å². The van der Waals surface area contributed by atoms with E-state index in [1.807, 2.05) is 30.3 Å². The Morgan fingerprint density at radius 1 is 1.25 bits per heavy atom. The summed E-state index contributed by atoms with van der Waals surface area (Å²) >= 11 is 0. The van der Waals surface area contributed by atoms with Gasteiger partial charge in [0.05, 0.1) is 30.3 Å². The van der Waals surface area contributed by atoms with Crippen LogP contribution in [0.5, 0.6) is 0 Å². The highest BCUT2D eigenvalue weighted by Gasteiger charge is 2.07. The van der Waals surface area contributed by atoms with Crippen molar-refractivity contribution in [1.29, 1.82) is 0 Å². The lowest BCUT2D eigenvalue weighted by molar-refractivity contribution is 0.0287. The molecule has 0 bridgehead atoms. The Morgan fingerprint density at radius 2 is 2.05 bits per heavy atom. The first kappa shape index (κ1) is 14.6. The van der Waals surface area contributed by atoms with Crippen LogP contribution >= 0.6 is 0 Å². The lowest BCUT2D eigenvalue weighted by atomic mass is 10.3. The molecule has 1 aromatic heterocycles. The predicted molar refractivity (Wildman–Crippen MR) is 75.7 cm³/mol. The van der Waals surface area contributed by atoms with E-state index in [4.69, 9.17) is 9.47 Å². The second kappa shape index (κ2) is 7.74. The average Bonchev–Trinajstić information content (AvgIpc) is 2.96. The van der Waals surface area contributed by atoms with Crippen LogP contribution in [0.1, 0.15) is 5.69 Å². The van der Waals surface area contributed by atoms with Gasteiger partial charge < -0.3 is 14.8 Å². The van der Waals surface area contributed by atoms with Crippen LogP contribution in [0.4, 0.5) is 0 Å². The number of hydrogen-bond acceptors (Lipinski definition) is 5. The van der Waals surface area contributed by atoms with E-state index in [2.05, 4.69) is 15.5 Å². The summed E-state index contributed by atoms with van der Waals surface area (Å²) in [6.07, 6.45) is 1.81. The summed E-state index contributed by atoms with van der Waals surface area (Å²) in [6.45, 7) is 1.93. The second-order valence-electron chi connectivity index (χ2n) is 4.40. The van der Waals surface area contributed by atoms with E-state index in [0.717, 1.165) is 11.4 Å². The first-order valence-electron chi connectivity index (χ1n) is 6.52. The minimum atomic E-state index is 0.0455. The van der Waals surface area contributed by atoms with Crippen LogP contribution < -0.4 is 5.32 Å². The summed E-state index contributed by atoms with van der Waals surface area (Å²) in [7, 11) is 3.34. The highest BCUT2D eigenvalue weighted by molar-refractivity contribution is 5.28. The quantitative estimate of drug-likeness (QED) is 0.780. The fraction of sp³-hybridized carbons (Fsp3) is 0.429. The molecule has 0 amide bonds. The highest BCUT2D eigenvalue weighted by Crippen LogP contribution is 2.04. The summed E-state index contributed by atoms with van der Waals surface area (Å²) in [5.74, 6) is 0. The Kier molecular flexibility index (Phi) is 5.67. The van der Waals surface area contributed by atoms with Crippen molar-refractivity contribution in [3.05, 3.63) is 42.2 Å². The van der Waals surface area contributed by atoms with E-state index in [9.17, 15) is 0 Å². The van der Waals surface area contributed by atoms with Gasteiger partial charge in [-0.1, -0.05) is 18.2 Å². The molecule has 1 aromatic carbocycles. The molecule has 108 valence electrons. The number of rotatable bonds is 8. The van der Waals surface area contributed by atoms with E-state index in [1.165, 1.54) is 0 Å². The topological polar surface area (TPSA) is 61.2 Å². The summed E-state index contributed by atoms with van der Waals surface area (Å²) in [5, 5.41) is 12.0. The fourth-order valence-electron chi connectivity index (χ4n) is 1.82. The number of benzene rings is 1. The molecule has 0 aliphatic carbocycles. The van der Waals surface area contributed by atoms with Gasteiger partial charge in [0, 0.05) is 27.3 Å². The summed E-state index contributed by atoms with van der Waals surface area (Å²) in [4.78, 5) is 1.62. The molecule has 0 saturated carbocycles. The van der Waals surface area contributed by atoms with Crippen molar-refractivity contribution in [2.75, 3.05) is 27.4 Å². The van der Waals surface area contributed by atoms with Crippen molar-refractivity contribution in [2.24, 2.45) is 0 Å². The fourth-order valence-corrected chi connectivity index (χ4v) is 1.82. The normalized spacial score (nSPS) is 12.5. The van der Waals surface area contributed by atoms with Gasteiger partial charge >= 0.3 is 0 Å². The van der Waals surface area contributed by atoms with Gasteiger partial charge in [-0.3, -0.25) is 0 Å². The van der Waals surface area contributed by atoms with E-state index < -0.39 is 0 Å². The van der Waals surface area contributed by atoms with Crippen LogP contribution in [0.2, 0.25) is 0 Å². The zero-order valence-corrected chi connectivity index (χ0v) is 11.8. The molecule has 1 unspecified atom stereocenters. The standard InChI is InChI=1S/C14H20N4O2/c1-19-11-14(20-2)10-15-8-12-9-16-18(17-12)13-6-4-3-5-7-13/h3-7,9,14-15H,8,10-11H2,1-2H3. The van der Waals surface area contributed by atoms with Gasteiger partial charge in [-0.15, -0.1) is 0 Å². The molecule has 20 heavy (non-hydrogen) atoms. The van der Waals surface area contributed by atoms with Crippen molar-refractivity contribution in [3.63, 3.8) is 0 Å². The van der Waals surface area contributed by atoms with Crippen LogP contribution in [0.25, 0.3) is 5.69 Å². The van der Waals surface area contributed by atoms with Gasteiger partial charge in [0.25, 0.3) is 0 Å². The van der Waals surface area contributed by atoms with Gasteiger partial charge in [-0.05, 0) is 12.1 Å². The maximum Gasteiger partial charge on any atom is 0.0969 e. The first-order chi connectivity index (χ1) is 9.83. The molecule has 2 aromatic rings. The molecule has 0 aliphatic heterocycles. The Balaban J connectivity index is 1.84. The number of aromatic nitrogens is 3. The van der Waals surface area contributed by atoms with Gasteiger partial charge in [0.2, 0.25) is 0 Å². The Labute approximate surface area is 118 Å². The number of methoxy groups -OCH3 is 2. The number of nitrogens with zero attached hydrogens (tertiary/aromatic N) is 3. The zero-order chi connectivity index (χ0) is 14.2. The number of nitrogens with one attached hydrogen (secondary N) is 1. The minimum Gasteiger partial charge on any atom is -0.382 e. The summed E-state index contributed by atoms with van der Waals surface area (Å²) in [6, 6.07) is 9.83.